The van der Waals surface area contributed by atoms with E-state index in [4.69, 9.17) is 0 Å². The van der Waals surface area contributed by atoms with Crippen LogP contribution in [0.5, 0.6) is 5.75 Å². The molecular weight excluding hydrogens is 347 g/mol. The predicted molar refractivity (Wildman–Crippen MR) is 92.3 cm³/mol. The van der Waals surface area contributed by atoms with E-state index in [9.17, 15) is 22.7 Å². The maximum atomic E-state index is 12.9. The van der Waals surface area contributed by atoms with E-state index in [1.54, 1.807) is 26.0 Å². The van der Waals surface area contributed by atoms with Crippen LogP contribution in [0.15, 0.2) is 47.4 Å². The van der Waals surface area contributed by atoms with Crippen molar-refractivity contribution in [2.24, 2.45) is 0 Å². The van der Waals surface area contributed by atoms with Gasteiger partial charge in [-0.2, -0.15) is 4.72 Å². The average molecular weight is 366 g/mol. The molecular formula is C17H19FN2O4S. The lowest BCUT2D eigenvalue weighted by atomic mass is 10.2. The maximum absolute atomic E-state index is 12.9. The molecule has 3 N–H and O–H groups in total. The minimum absolute atomic E-state index is 0.116. The number of aryl methyl sites for hydroxylation is 1. The highest BCUT2D eigenvalue weighted by Gasteiger charge is 2.25. The third-order valence-corrected chi connectivity index (χ3v) is 5.04. The van der Waals surface area contributed by atoms with Crippen LogP contribution in [0.1, 0.15) is 18.9 Å². The Balaban J connectivity index is 2.17. The zero-order valence-corrected chi connectivity index (χ0v) is 14.6. The molecule has 0 radical (unpaired) electrons. The molecule has 0 heterocycles. The molecule has 0 saturated heterocycles. The summed E-state index contributed by atoms with van der Waals surface area (Å²) < 4.78 is 39.9. The van der Waals surface area contributed by atoms with E-state index in [1.165, 1.54) is 6.07 Å². The number of hydrogen-bond donors (Lipinski definition) is 3. The molecule has 2 rings (SSSR count). The number of carbonyl (C=O) groups is 1. The summed E-state index contributed by atoms with van der Waals surface area (Å²) in [5, 5.41) is 12.3. The number of anilines is 1. The first-order valence-electron chi connectivity index (χ1n) is 7.61. The monoisotopic (exact) mass is 366 g/mol. The molecule has 0 spiro atoms. The molecule has 8 heteroatoms. The second-order valence-electron chi connectivity index (χ2n) is 5.55. The van der Waals surface area contributed by atoms with Crippen molar-refractivity contribution < 1.29 is 22.7 Å². The average Bonchev–Trinajstić information content (AvgIpc) is 2.56. The molecule has 1 unspecified atom stereocenters. The molecule has 0 aromatic heterocycles. The summed E-state index contributed by atoms with van der Waals surface area (Å²) in [5.41, 5.74) is 1.03. The van der Waals surface area contributed by atoms with Gasteiger partial charge in [0, 0.05) is 0 Å². The van der Waals surface area contributed by atoms with Crippen molar-refractivity contribution >= 4 is 21.6 Å². The summed E-state index contributed by atoms with van der Waals surface area (Å²) >= 11 is 0. The van der Waals surface area contributed by atoms with Crippen molar-refractivity contribution in [1.82, 2.24) is 4.72 Å². The molecule has 6 nitrogen and oxygen atoms in total. The van der Waals surface area contributed by atoms with Gasteiger partial charge in [0.25, 0.3) is 0 Å². The molecule has 2 aromatic rings. The van der Waals surface area contributed by atoms with Crippen molar-refractivity contribution in [2.45, 2.75) is 31.2 Å². The molecule has 0 aliphatic carbocycles. The largest absolute Gasteiger partial charge is 0.506 e. The van der Waals surface area contributed by atoms with E-state index >= 15 is 0 Å². The highest BCUT2D eigenvalue weighted by atomic mass is 32.2. The van der Waals surface area contributed by atoms with Gasteiger partial charge in [0.1, 0.15) is 17.6 Å². The molecule has 0 bridgehead atoms. The zero-order valence-electron chi connectivity index (χ0n) is 13.8. The lowest BCUT2D eigenvalue weighted by Crippen LogP contribution is -2.43. The number of amides is 1. The first-order chi connectivity index (χ1) is 11.7. The summed E-state index contributed by atoms with van der Waals surface area (Å²) in [4.78, 5) is 12.2. The Kier molecular flexibility index (Phi) is 5.76. The van der Waals surface area contributed by atoms with Gasteiger partial charge in [-0.1, -0.05) is 13.0 Å². The van der Waals surface area contributed by atoms with Gasteiger partial charge >= 0.3 is 0 Å². The second-order valence-corrected chi connectivity index (χ2v) is 7.26. The van der Waals surface area contributed by atoms with E-state index < -0.39 is 27.8 Å². The number of hydrogen-bond acceptors (Lipinski definition) is 4. The van der Waals surface area contributed by atoms with Crippen molar-refractivity contribution in [2.75, 3.05) is 5.32 Å². The van der Waals surface area contributed by atoms with Crippen molar-refractivity contribution in [1.29, 1.82) is 0 Å². The van der Waals surface area contributed by atoms with Crippen LogP contribution in [0.3, 0.4) is 0 Å². The number of nitrogens with one attached hydrogen (secondary N) is 2. The number of rotatable bonds is 6. The highest BCUT2D eigenvalue weighted by molar-refractivity contribution is 7.89. The predicted octanol–water partition coefficient (Wildman–Crippen LogP) is 2.54. The molecule has 1 amide bonds. The number of phenolic OH excluding ortho intramolecular Hbond substituents is 1. The Labute approximate surface area is 145 Å². The fourth-order valence-corrected chi connectivity index (χ4v) is 3.44. The summed E-state index contributed by atoms with van der Waals surface area (Å²) in [6.07, 6.45) is 0.193. The van der Waals surface area contributed by atoms with Gasteiger partial charge in [0.15, 0.2) is 0 Å². The van der Waals surface area contributed by atoms with Gasteiger partial charge in [-0.05, 0) is 55.3 Å². The Hall–Kier alpha value is -2.45. The van der Waals surface area contributed by atoms with Gasteiger partial charge in [0.2, 0.25) is 15.9 Å². The van der Waals surface area contributed by atoms with Crippen LogP contribution in [0.25, 0.3) is 0 Å². The van der Waals surface area contributed by atoms with Crippen LogP contribution < -0.4 is 10.0 Å². The normalized spacial score (nSPS) is 12.6. The van der Waals surface area contributed by atoms with Crippen molar-refractivity contribution in [3.8, 4) is 5.75 Å². The molecule has 2 aromatic carbocycles. The number of halogens is 1. The van der Waals surface area contributed by atoms with E-state index in [-0.39, 0.29) is 22.8 Å². The van der Waals surface area contributed by atoms with Crippen molar-refractivity contribution in [3.05, 3.63) is 53.8 Å². The van der Waals surface area contributed by atoms with E-state index in [1.807, 2.05) is 0 Å². The van der Waals surface area contributed by atoms with E-state index in [0.29, 0.717) is 0 Å². The Bertz CT molecular complexity index is 867. The summed E-state index contributed by atoms with van der Waals surface area (Å²) in [6.45, 7) is 3.44. The number of phenols is 1. The quantitative estimate of drug-likeness (QED) is 0.685. The lowest BCUT2D eigenvalue weighted by molar-refractivity contribution is -0.117. The number of carbonyl (C=O) groups excluding carboxylic acids is 1. The fraction of sp³-hybridized carbons (Fsp3) is 0.235. The Morgan fingerprint density at radius 3 is 2.44 bits per heavy atom. The summed E-state index contributed by atoms with van der Waals surface area (Å²) in [5.74, 6) is -1.28. The van der Waals surface area contributed by atoms with Crippen molar-refractivity contribution in [3.63, 3.8) is 0 Å². The van der Waals surface area contributed by atoms with Crippen LogP contribution >= 0.6 is 0 Å². The minimum atomic E-state index is -3.98. The number of sulfonamides is 1. The summed E-state index contributed by atoms with van der Waals surface area (Å²) in [6, 6.07) is 7.95. The van der Waals surface area contributed by atoms with E-state index in [2.05, 4.69) is 10.0 Å². The van der Waals surface area contributed by atoms with Crippen LogP contribution in [-0.4, -0.2) is 25.5 Å². The molecule has 0 aliphatic heterocycles. The highest BCUT2D eigenvalue weighted by Crippen LogP contribution is 2.24. The molecule has 0 aliphatic rings. The fourth-order valence-electron chi connectivity index (χ4n) is 2.16. The van der Waals surface area contributed by atoms with Gasteiger partial charge in [-0.15, -0.1) is 0 Å². The third kappa shape index (κ3) is 4.77. The van der Waals surface area contributed by atoms with Gasteiger partial charge < -0.3 is 10.4 Å². The smallest absolute Gasteiger partial charge is 0.242 e. The number of aromatic hydroxyl groups is 1. The molecule has 0 fully saturated rings. The van der Waals surface area contributed by atoms with Gasteiger partial charge in [-0.3, -0.25) is 4.79 Å². The third-order valence-electron chi connectivity index (χ3n) is 3.56. The summed E-state index contributed by atoms with van der Waals surface area (Å²) in [7, 11) is -3.98. The SMILES string of the molecule is CCC(NS(=O)(=O)c1ccc(F)cc1)C(=O)Nc1cc(C)ccc1O. The van der Waals surface area contributed by atoms with Crippen LogP contribution in [0.4, 0.5) is 10.1 Å². The molecule has 1 atom stereocenters. The Morgan fingerprint density at radius 1 is 1.20 bits per heavy atom. The minimum Gasteiger partial charge on any atom is -0.506 e. The molecule has 25 heavy (non-hydrogen) atoms. The van der Waals surface area contributed by atoms with Crippen LogP contribution in [0, 0.1) is 12.7 Å². The first-order valence-corrected chi connectivity index (χ1v) is 9.09. The first kappa shape index (κ1) is 18.9. The van der Waals surface area contributed by atoms with Gasteiger partial charge in [0.05, 0.1) is 10.6 Å². The Morgan fingerprint density at radius 2 is 1.84 bits per heavy atom. The maximum Gasteiger partial charge on any atom is 0.242 e. The van der Waals surface area contributed by atoms with Crippen LogP contribution in [0.2, 0.25) is 0 Å². The zero-order chi connectivity index (χ0) is 18.6. The van der Waals surface area contributed by atoms with Crippen LogP contribution in [-0.2, 0) is 14.8 Å². The standard InChI is InChI=1S/C17H19FN2O4S/c1-3-14(17(22)19-15-10-11(2)4-9-16(15)21)20-25(23,24)13-7-5-12(18)6-8-13/h4-10,14,20-21H,3H2,1-2H3,(H,19,22). The van der Waals surface area contributed by atoms with Gasteiger partial charge in [-0.25, -0.2) is 12.8 Å². The number of benzene rings is 2. The lowest BCUT2D eigenvalue weighted by Gasteiger charge is -2.17. The second kappa shape index (κ2) is 7.62. The molecule has 134 valence electrons. The van der Waals surface area contributed by atoms with E-state index in [0.717, 1.165) is 29.8 Å². The molecule has 0 saturated carbocycles. The topological polar surface area (TPSA) is 95.5 Å².